The Bertz CT molecular complexity index is 671. The lowest BCUT2D eigenvalue weighted by Gasteiger charge is -2.24. The van der Waals surface area contributed by atoms with Gasteiger partial charge in [0.2, 0.25) is 5.89 Å². The molecule has 1 unspecified atom stereocenters. The minimum absolute atomic E-state index is 0.0597. The first-order valence-electron chi connectivity index (χ1n) is 8.57. The molecule has 1 aliphatic rings. The van der Waals surface area contributed by atoms with Crippen LogP contribution in [-0.4, -0.2) is 35.3 Å². The molecule has 0 radical (unpaired) electrons. The highest BCUT2D eigenvalue weighted by atomic mass is 16.5. The van der Waals surface area contributed by atoms with E-state index in [0.29, 0.717) is 12.5 Å². The van der Waals surface area contributed by atoms with E-state index in [0.717, 1.165) is 55.2 Å². The van der Waals surface area contributed by atoms with E-state index in [1.807, 2.05) is 12.1 Å². The molecule has 24 heavy (non-hydrogen) atoms. The van der Waals surface area contributed by atoms with Crippen LogP contribution in [-0.2, 0) is 13.0 Å². The first-order valence-corrected chi connectivity index (χ1v) is 8.57. The smallest absolute Gasteiger partial charge is 0.243 e. The number of aryl methyl sites for hydroxylation is 1. The van der Waals surface area contributed by atoms with Crippen LogP contribution in [0.25, 0.3) is 0 Å². The van der Waals surface area contributed by atoms with Gasteiger partial charge < -0.3 is 14.0 Å². The highest BCUT2D eigenvalue weighted by molar-refractivity contribution is 5.41. The minimum atomic E-state index is 0.0597. The maximum absolute atomic E-state index is 5.88. The van der Waals surface area contributed by atoms with E-state index < -0.39 is 0 Å². The lowest BCUT2D eigenvalue weighted by molar-refractivity contribution is 0.151. The van der Waals surface area contributed by atoms with Crippen LogP contribution in [0.5, 0.6) is 11.5 Å². The number of rotatable bonds is 6. The molecule has 1 aromatic carbocycles. The Hall–Kier alpha value is -2.08. The Morgan fingerprint density at radius 1 is 1.38 bits per heavy atom. The van der Waals surface area contributed by atoms with Gasteiger partial charge >= 0.3 is 0 Å². The van der Waals surface area contributed by atoms with Crippen LogP contribution in [0.3, 0.4) is 0 Å². The van der Waals surface area contributed by atoms with Gasteiger partial charge in [-0.2, -0.15) is 4.98 Å². The number of unbranched alkanes of at least 4 members (excludes halogenated alkanes) is 1. The molecule has 0 saturated heterocycles. The van der Waals surface area contributed by atoms with Crippen molar-refractivity contribution in [3.63, 3.8) is 0 Å². The molecule has 2 aromatic rings. The van der Waals surface area contributed by atoms with Crippen molar-refractivity contribution in [2.45, 2.75) is 45.7 Å². The summed E-state index contributed by atoms with van der Waals surface area (Å²) in [6, 6.07) is 6.02. The van der Waals surface area contributed by atoms with Gasteiger partial charge in [0.15, 0.2) is 5.82 Å². The molecule has 0 fully saturated rings. The normalized spacial score (nSPS) is 16.1. The summed E-state index contributed by atoms with van der Waals surface area (Å²) in [5.74, 6) is 3.18. The number of fused-ring (bicyclic) bond motifs is 1. The molecule has 130 valence electrons. The molecule has 0 aliphatic carbocycles. The molecule has 1 atom stereocenters. The summed E-state index contributed by atoms with van der Waals surface area (Å²) in [6.45, 7) is 6.48. The number of methoxy groups -OCH3 is 1. The molecular weight excluding hydrogens is 306 g/mol. The summed E-state index contributed by atoms with van der Waals surface area (Å²) in [5, 5.41) is 4.10. The summed E-state index contributed by atoms with van der Waals surface area (Å²) in [7, 11) is 1.67. The summed E-state index contributed by atoms with van der Waals surface area (Å²) in [4.78, 5) is 6.86. The molecule has 0 saturated carbocycles. The number of ether oxygens (including phenoxy) is 2. The Kier molecular flexibility index (Phi) is 5.35. The number of benzene rings is 1. The summed E-state index contributed by atoms with van der Waals surface area (Å²) in [5.41, 5.74) is 1.14. The molecule has 1 aliphatic heterocycles. The number of hydrogen-bond donors (Lipinski definition) is 0. The Balaban J connectivity index is 1.72. The third-order valence-corrected chi connectivity index (χ3v) is 4.43. The van der Waals surface area contributed by atoms with Gasteiger partial charge in [0, 0.05) is 31.1 Å². The van der Waals surface area contributed by atoms with E-state index in [1.165, 1.54) is 0 Å². The molecule has 3 rings (SSSR count). The van der Waals surface area contributed by atoms with Crippen LogP contribution < -0.4 is 9.47 Å². The van der Waals surface area contributed by atoms with Crippen molar-refractivity contribution in [2.24, 2.45) is 0 Å². The summed E-state index contributed by atoms with van der Waals surface area (Å²) in [6.07, 6.45) is 3.09. The number of nitrogens with zero attached hydrogens (tertiary/aromatic N) is 3. The Morgan fingerprint density at radius 2 is 2.25 bits per heavy atom. The van der Waals surface area contributed by atoms with Crippen LogP contribution in [0.4, 0.5) is 0 Å². The average Bonchev–Trinajstić information content (AvgIpc) is 2.97. The van der Waals surface area contributed by atoms with Crippen LogP contribution in [0.1, 0.15) is 50.0 Å². The fraction of sp³-hybridized carbons (Fsp3) is 0.556. The van der Waals surface area contributed by atoms with Gasteiger partial charge in [-0.1, -0.05) is 24.6 Å². The quantitative estimate of drug-likeness (QED) is 0.809. The molecule has 6 nitrogen and oxygen atoms in total. The molecule has 6 heteroatoms. The first-order chi connectivity index (χ1) is 11.7. The van der Waals surface area contributed by atoms with Crippen molar-refractivity contribution in [2.75, 3.05) is 20.3 Å². The molecular formula is C18H25N3O3. The highest BCUT2D eigenvalue weighted by Crippen LogP contribution is 2.31. The van der Waals surface area contributed by atoms with E-state index in [2.05, 4.69) is 35.0 Å². The molecule has 1 aromatic heterocycles. The van der Waals surface area contributed by atoms with E-state index in [4.69, 9.17) is 14.0 Å². The molecule has 0 amide bonds. The third kappa shape index (κ3) is 3.70. The number of aromatic nitrogens is 2. The van der Waals surface area contributed by atoms with Gasteiger partial charge in [0.25, 0.3) is 0 Å². The highest BCUT2D eigenvalue weighted by Gasteiger charge is 2.25. The van der Waals surface area contributed by atoms with Crippen molar-refractivity contribution >= 4 is 0 Å². The molecule has 2 heterocycles. The standard InChI is InChI=1S/C18H25N3O3/c1-4-5-6-17-19-18(24-20-17)13(2)21-9-10-23-16-11-15(22-3)8-7-14(16)12-21/h7-8,11,13H,4-6,9-10,12H2,1-3H3. The fourth-order valence-electron chi connectivity index (χ4n) is 2.86. The van der Waals surface area contributed by atoms with Crippen molar-refractivity contribution in [1.29, 1.82) is 0 Å². The zero-order chi connectivity index (χ0) is 16.9. The average molecular weight is 331 g/mol. The van der Waals surface area contributed by atoms with Crippen molar-refractivity contribution in [1.82, 2.24) is 15.0 Å². The summed E-state index contributed by atoms with van der Waals surface area (Å²) >= 11 is 0. The van der Waals surface area contributed by atoms with Gasteiger partial charge in [0.05, 0.1) is 13.2 Å². The van der Waals surface area contributed by atoms with Crippen LogP contribution in [0, 0.1) is 0 Å². The Labute approximate surface area is 142 Å². The zero-order valence-corrected chi connectivity index (χ0v) is 14.6. The van der Waals surface area contributed by atoms with E-state index in [9.17, 15) is 0 Å². The van der Waals surface area contributed by atoms with Gasteiger partial charge in [-0.25, -0.2) is 0 Å². The van der Waals surface area contributed by atoms with Crippen molar-refractivity contribution < 1.29 is 14.0 Å². The monoisotopic (exact) mass is 331 g/mol. The predicted octanol–water partition coefficient (Wildman–Crippen LogP) is 3.38. The predicted molar refractivity (Wildman–Crippen MR) is 90.2 cm³/mol. The fourth-order valence-corrected chi connectivity index (χ4v) is 2.86. The second kappa shape index (κ2) is 7.66. The van der Waals surface area contributed by atoms with Crippen LogP contribution in [0.2, 0.25) is 0 Å². The van der Waals surface area contributed by atoms with Gasteiger partial charge in [0.1, 0.15) is 18.1 Å². The topological polar surface area (TPSA) is 60.6 Å². The van der Waals surface area contributed by atoms with Gasteiger partial charge in [-0.05, 0) is 19.4 Å². The molecule has 0 spiro atoms. The van der Waals surface area contributed by atoms with E-state index in [1.54, 1.807) is 7.11 Å². The largest absolute Gasteiger partial charge is 0.497 e. The number of hydrogen-bond acceptors (Lipinski definition) is 6. The minimum Gasteiger partial charge on any atom is -0.497 e. The maximum Gasteiger partial charge on any atom is 0.243 e. The summed E-state index contributed by atoms with van der Waals surface area (Å²) < 4.78 is 16.6. The maximum atomic E-state index is 5.88. The van der Waals surface area contributed by atoms with Crippen molar-refractivity contribution in [3.05, 3.63) is 35.5 Å². The molecule has 0 N–H and O–H groups in total. The second-order valence-corrected chi connectivity index (χ2v) is 6.12. The SMILES string of the molecule is CCCCc1noc(C(C)N2CCOc3cc(OC)ccc3C2)n1. The second-order valence-electron chi connectivity index (χ2n) is 6.12. The van der Waals surface area contributed by atoms with E-state index >= 15 is 0 Å². The van der Waals surface area contributed by atoms with E-state index in [-0.39, 0.29) is 6.04 Å². The van der Waals surface area contributed by atoms with Crippen LogP contribution in [0.15, 0.2) is 22.7 Å². The first kappa shape index (κ1) is 16.8. The lowest BCUT2D eigenvalue weighted by atomic mass is 10.1. The lowest BCUT2D eigenvalue weighted by Crippen LogP contribution is -2.29. The van der Waals surface area contributed by atoms with Crippen molar-refractivity contribution in [3.8, 4) is 11.5 Å². The third-order valence-electron chi connectivity index (χ3n) is 4.43. The Morgan fingerprint density at radius 3 is 3.04 bits per heavy atom. The van der Waals surface area contributed by atoms with Gasteiger partial charge in [-0.3, -0.25) is 4.90 Å². The zero-order valence-electron chi connectivity index (χ0n) is 14.6. The van der Waals surface area contributed by atoms with Crippen LogP contribution >= 0.6 is 0 Å². The molecule has 0 bridgehead atoms. The van der Waals surface area contributed by atoms with Gasteiger partial charge in [-0.15, -0.1) is 0 Å².